The summed E-state index contributed by atoms with van der Waals surface area (Å²) in [6.07, 6.45) is 3.34. The van der Waals surface area contributed by atoms with Crippen molar-refractivity contribution in [2.75, 3.05) is 13.1 Å². The van der Waals surface area contributed by atoms with E-state index in [9.17, 15) is 9.59 Å². The molecule has 1 aliphatic carbocycles. The van der Waals surface area contributed by atoms with Gasteiger partial charge in [0.25, 0.3) is 0 Å². The van der Waals surface area contributed by atoms with Crippen molar-refractivity contribution in [3.63, 3.8) is 0 Å². The van der Waals surface area contributed by atoms with Crippen LogP contribution in [0.15, 0.2) is 11.6 Å². The third-order valence-electron chi connectivity index (χ3n) is 3.13. The fourth-order valence-corrected chi connectivity index (χ4v) is 2.28. The number of carbonyl (C=O) groups excluding carboxylic acids is 1. The Hall–Kier alpha value is -1.32. The molecule has 1 atom stereocenters. The Morgan fingerprint density at radius 1 is 1.57 bits per heavy atom. The molecule has 1 heterocycles. The quantitative estimate of drug-likeness (QED) is 0.668. The van der Waals surface area contributed by atoms with Gasteiger partial charge in [-0.05, 0) is 12.8 Å². The number of carboxylic acid groups (broad SMARTS) is 1. The van der Waals surface area contributed by atoms with Gasteiger partial charge in [0.15, 0.2) is 0 Å². The van der Waals surface area contributed by atoms with E-state index in [2.05, 4.69) is 0 Å². The molecule has 1 fully saturated rings. The SMILES string of the molecule is CC(=O)N1CCC2(C=C(C(=O)O)C2)C1. The highest BCUT2D eigenvalue weighted by molar-refractivity contribution is 5.89. The Morgan fingerprint density at radius 2 is 2.21 bits per heavy atom. The van der Waals surface area contributed by atoms with Gasteiger partial charge in [0.05, 0.1) is 0 Å². The summed E-state index contributed by atoms with van der Waals surface area (Å²) in [5, 5.41) is 8.70. The second kappa shape index (κ2) is 2.83. The molecule has 0 saturated carbocycles. The Bertz CT molecular complexity index is 334. The van der Waals surface area contributed by atoms with Crippen molar-refractivity contribution in [2.24, 2.45) is 5.41 Å². The van der Waals surface area contributed by atoms with E-state index in [0.717, 1.165) is 13.0 Å². The maximum Gasteiger partial charge on any atom is 0.331 e. The van der Waals surface area contributed by atoms with Crippen LogP contribution in [0.5, 0.6) is 0 Å². The zero-order chi connectivity index (χ0) is 10.3. The first-order valence-electron chi connectivity index (χ1n) is 4.73. The van der Waals surface area contributed by atoms with Gasteiger partial charge < -0.3 is 10.0 Å². The molecule has 2 aliphatic rings. The van der Waals surface area contributed by atoms with Crippen LogP contribution in [0.1, 0.15) is 19.8 Å². The van der Waals surface area contributed by atoms with E-state index in [1.165, 1.54) is 0 Å². The van der Waals surface area contributed by atoms with Crippen molar-refractivity contribution in [1.82, 2.24) is 4.90 Å². The second-order valence-electron chi connectivity index (χ2n) is 4.20. The highest BCUT2D eigenvalue weighted by Crippen LogP contribution is 2.46. The van der Waals surface area contributed by atoms with Crippen molar-refractivity contribution in [2.45, 2.75) is 19.8 Å². The highest BCUT2D eigenvalue weighted by Gasteiger charge is 2.45. The number of aliphatic carboxylic acids is 1. The summed E-state index contributed by atoms with van der Waals surface area (Å²) in [5.74, 6) is -0.740. The molecule has 76 valence electrons. The van der Waals surface area contributed by atoms with Gasteiger partial charge in [-0.3, -0.25) is 4.79 Å². The Labute approximate surface area is 82.2 Å². The van der Waals surface area contributed by atoms with Gasteiger partial charge in [0.1, 0.15) is 0 Å². The predicted octanol–water partition coefficient (Wildman–Crippen LogP) is 0.640. The zero-order valence-corrected chi connectivity index (χ0v) is 8.12. The van der Waals surface area contributed by atoms with Crippen molar-refractivity contribution < 1.29 is 14.7 Å². The molecule has 0 aromatic heterocycles. The highest BCUT2D eigenvalue weighted by atomic mass is 16.4. The van der Waals surface area contributed by atoms with Crippen LogP contribution in [0.4, 0.5) is 0 Å². The van der Waals surface area contributed by atoms with Gasteiger partial charge >= 0.3 is 5.97 Å². The van der Waals surface area contributed by atoms with Crippen LogP contribution in [0.2, 0.25) is 0 Å². The topological polar surface area (TPSA) is 57.6 Å². The van der Waals surface area contributed by atoms with Crippen LogP contribution in [0, 0.1) is 5.41 Å². The van der Waals surface area contributed by atoms with E-state index in [-0.39, 0.29) is 11.3 Å². The van der Waals surface area contributed by atoms with E-state index in [1.54, 1.807) is 11.8 Å². The van der Waals surface area contributed by atoms with Crippen molar-refractivity contribution in [1.29, 1.82) is 0 Å². The van der Waals surface area contributed by atoms with Gasteiger partial charge in [-0.1, -0.05) is 6.08 Å². The summed E-state index contributed by atoms with van der Waals surface area (Å²) >= 11 is 0. The van der Waals surface area contributed by atoms with Crippen LogP contribution in [0.3, 0.4) is 0 Å². The fraction of sp³-hybridized carbons (Fsp3) is 0.600. The molecule has 1 unspecified atom stereocenters. The first-order chi connectivity index (χ1) is 6.52. The summed E-state index contributed by atoms with van der Waals surface area (Å²) < 4.78 is 0. The molecule has 14 heavy (non-hydrogen) atoms. The van der Waals surface area contributed by atoms with E-state index in [0.29, 0.717) is 18.5 Å². The second-order valence-corrected chi connectivity index (χ2v) is 4.20. The Morgan fingerprint density at radius 3 is 2.64 bits per heavy atom. The maximum atomic E-state index is 11.1. The van der Waals surface area contributed by atoms with Crippen molar-refractivity contribution in [3.8, 4) is 0 Å². The first kappa shape index (κ1) is 9.24. The molecule has 0 bridgehead atoms. The van der Waals surface area contributed by atoms with Gasteiger partial charge in [-0.25, -0.2) is 4.79 Å². The number of amides is 1. The van der Waals surface area contributed by atoms with E-state index in [4.69, 9.17) is 5.11 Å². The van der Waals surface area contributed by atoms with E-state index in [1.807, 2.05) is 6.08 Å². The number of hydrogen-bond donors (Lipinski definition) is 1. The molecule has 0 aromatic rings. The fourth-order valence-electron chi connectivity index (χ4n) is 2.28. The van der Waals surface area contributed by atoms with Gasteiger partial charge in [-0.2, -0.15) is 0 Å². The van der Waals surface area contributed by atoms with Gasteiger partial charge in [-0.15, -0.1) is 0 Å². The molecule has 4 heteroatoms. The minimum Gasteiger partial charge on any atom is -0.478 e. The maximum absolute atomic E-state index is 11.1. The Kier molecular flexibility index (Phi) is 1.87. The summed E-state index contributed by atoms with van der Waals surface area (Å²) in [4.78, 5) is 23.5. The molecule has 1 saturated heterocycles. The molecule has 1 aliphatic heterocycles. The summed E-state index contributed by atoms with van der Waals surface area (Å²) in [6.45, 7) is 3.01. The Balaban J connectivity index is 2.05. The molecule has 0 radical (unpaired) electrons. The molecular formula is C10H13NO3. The number of carbonyl (C=O) groups is 2. The lowest BCUT2D eigenvalue weighted by molar-refractivity contribution is -0.133. The predicted molar refractivity (Wildman–Crippen MR) is 49.6 cm³/mol. The van der Waals surface area contributed by atoms with Crippen LogP contribution < -0.4 is 0 Å². The van der Waals surface area contributed by atoms with Gasteiger partial charge in [0.2, 0.25) is 5.91 Å². The van der Waals surface area contributed by atoms with Crippen molar-refractivity contribution in [3.05, 3.63) is 11.6 Å². The lowest BCUT2D eigenvalue weighted by Crippen LogP contribution is -2.35. The average molecular weight is 195 g/mol. The lowest BCUT2D eigenvalue weighted by Gasteiger charge is -2.34. The largest absolute Gasteiger partial charge is 0.478 e. The molecule has 0 aromatic carbocycles. The monoisotopic (exact) mass is 195 g/mol. The first-order valence-corrected chi connectivity index (χ1v) is 4.73. The normalized spacial score (nSPS) is 30.1. The van der Waals surface area contributed by atoms with Crippen LogP contribution in [-0.4, -0.2) is 35.0 Å². The number of likely N-dealkylation sites (tertiary alicyclic amines) is 1. The van der Waals surface area contributed by atoms with Crippen molar-refractivity contribution >= 4 is 11.9 Å². The number of carboxylic acids is 1. The minimum absolute atomic E-state index is 0.0145. The molecule has 4 nitrogen and oxygen atoms in total. The standard InChI is InChI=1S/C10H13NO3/c1-7(12)11-3-2-10(6-11)4-8(5-10)9(13)14/h4H,2-3,5-6H2,1H3,(H,13,14). The third kappa shape index (κ3) is 1.31. The molecule has 1 N–H and O–H groups in total. The summed E-state index contributed by atoms with van der Waals surface area (Å²) in [6, 6.07) is 0. The van der Waals surface area contributed by atoms with Crippen LogP contribution in [-0.2, 0) is 9.59 Å². The lowest BCUT2D eigenvalue weighted by atomic mass is 9.70. The van der Waals surface area contributed by atoms with E-state index >= 15 is 0 Å². The van der Waals surface area contributed by atoms with Crippen LogP contribution in [0.25, 0.3) is 0 Å². The molecule has 1 spiro atoms. The summed E-state index contributed by atoms with van der Waals surface area (Å²) in [7, 11) is 0. The molecule has 2 rings (SSSR count). The third-order valence-corrected chi connectivity index (χ3v) is 3.13. The minimum atomic E-state index is -0.822. The van der Waals surface area contributed by atoms with Crippen LogP contribution >= 0.6 is 0 Å². The van der Waals surface area contributed by atoms with E-state index < -0.39 is 5.97 Å². The number of rotatable bonds is 1. The molecule has 1 amide bonds. The average Bonchev–Trinajstić information content (AvgIpc) is 2.44. The van der Waals surface area contributed by atoms with Gasteiger partial charge in [0, 0.05) is 31.0 Å². The number of nitrogens with zero attached hydrogens (tertiary/aromatic N) is 1. The number of hydrogen-bond acceptors (Lipinski definition) is 2. The molecular weight excluding hydrogens is 182 g/mol. The smallest absolute Gasteiger partial charge is 0.331 e. The summed E-state index contributed by atoms with van der Waals surface area (Å²) in [5.41, 5.74) is 0.481. The zero-order valence-electron chi connectivity index (χ0n) is 8.12.